The van der Waals surface area contributed by atoms with Crippen LogP contribution in [0.1, 0.15) is 23.2 Å². The molecule has 0 saturated carbocycles. The predicted octanol–water partition coefficient (Wildman–Crippen LogP) is 2.11. The highest BCUT2D eigenvalue weighted by Crippen LogP contribution is 2.32. The number of carbonyl (C=O) groups is 3. The standard InChI is InChI=1S/C23H22ClFN4O3.CH4O/c24-14-4-5-15(17(25)11-14)13-3-6-18-16(10-13)22(31)29-9-8-28(12-20(29)21(30)27-18)23(32)19-2-1-7-26-19;1-2/h3-6,10-11,19-20,26H,1-2,7-9,12H2,(H,27,30);2H,1H3. The number of nitrogens with one attached hydrogen (secondary N) is 2. The van der Waals surface area contributed by atoms with Crippen molar-refractivity contribution in [2.45, 2.75) is 24.9 Å². The summed E-state index contributed by atoms with van der Waals surface area (Å²) in [6.45, 7) is 1.59. The van der Waals surface area contributed by atoms with Crippen LogP contribution in [0.3, 0.4) is 0 Å². The second-order valence-electron chi connectivity index (χ2n) is 8.32. The molecule has 5 rings (SSSR count). The molecule has 3 N–H and O–H groups in total. The van der Waals surface area contributed by atoms with Crippen LogP contribution < -0.4 is 10.6 Å². The highest BCUT2D eigenvalue weighted by atomic mass is 35.5. The van der Waals surface area contributed by atoms with Gasteiger partial charge in [0, 0.05) is 30.8 Å². The molecule has 0 bridgehead atoms. The third-order valence-electron chi connectivity index (χ3n) is 6.36. The number of aliphatic hydroxyl groups excluding tert-OH is 1. The van der Waals surface area contributed by atoms with Gasteiger partial charge >= 0.3 is 0 Å². The number of piperazine rings is 1. The summed E-state index contributed by atoms with van der Waals surface area (Å²) >= 11 is 5.85. The molecule has 3 aliphatic heterocycles. The van der Waals surface area contributed by atoms with Gasteiger partial charge in [0.1, 0.15) is 11.9 Å². The van der Waals surface area contributed by atoms with Crippen molar-refractivity contribution in [2.24, 2.45) is 0 Å². The topological polar surface area (TPSA) is 102 Å². The number of nitrogens with zero attached hydrogens (tertiary/aromatic N) is 2. The van der Waals surface area contributed by atoms with Crippen LogP contribution in [0.15, 0.2) is 36.4 Å². The first kappa shape index (κ1) is 24.1. The van der Waals surface area contributed by atoms with E-state index in [0.29, 0.717) is 28.9 Å². The second-order valence-corrected chi connectivity index (χ2v) is 8.76. The first-order chi connectivity index (χ1) is 16.4. The minimum atomic E-state index is -0.773. The van der Waals surface area contributed by atoms with E-state index in [9.17, 15) is 18.8 Å². The lowest BCUT2D eigenvalue weighted by Gasteiger charge is -2.40. The number of amides is 3. The van der Waals surface area contributed by atoms with E-state index in [-0.39, 0.29) is 41.9 Å². The van der Waals surface area contributed by atoms with E-state index < -0.39 is 11.9 Å². The third kappa shape index (κ3) is 4.51. The molecule has 2 fully saturated rings. The van der Waals surface area contributed by atoms with Crippen LogP contribution in [0, 0.1) is 5.82 Å². The second kappa shape index (κ2) is 10.1. The number of anilines is 1. The molecule has 2 unspecified atom stereocenters. The number of fused-ring (bicyclic) bond motifs is 2. The Kier molecular flexibility index (Phi) is 7.16. The molecule has 34 heavy (non-hydrogen) atoms. The van der Waals surface area contributed by atoms with Crippen LogP contribution >= 0.6 is 11.6 Å². The van der Waals surface area contributed by atoms with Gasteiger partial charge in [0.15, 0.2) is 0 Å². The Balaban J connectivity index is 0.00000133. The Morgan fingerprint density at radius 3 is 2.62 bits per heavy atom. The number of hydrogen-bond acceptors (Lipinski definition) is 5. The van der Waals surface area contributed by atoms with Crippen LogP contribution in [0.25, 0.3) is 11.1 Å². The molecule has 0 spiro atoms. The van der Waals surface area contributed by atoms with Crippen molar-refractivity contribution in [3.05, 3.63) is 52.8 Å². The first-order valence-electron chi connectivity index (χ1n) is 11.1. The zero-order valence-electron chi connectivity index (χ0n) is 18.7. The number of carbonyl (C=O) groups excluding carboxylic acids is 3. The maximum atomic E-state index is 14.4. The van der Waals surface area contributed by atoms with Crippen molar-refractivity contribution < 1.29 is 23.9 Å². The van der Waals surface area contributed by atoms with Crippen LogP contribution in [-0.4, -0.2) is 78.0 Å². The monoisotopic (exact) mass is 488 g/mol. The lowest BCUT2D eigenvalue weighted by atomic mass is 10.0. The molecule has 2 aromatic carbocycles. The average Bonchev–Trinajstić information content (AvgIpc) is 3.36. The normalized spacial score (nSPS) is 21.6. The molecule has 0 aliphatic carbocycles. The molecule has 3 amide bonds. The maximum absolute atomic E-state index is 14.4. The van der Waals surface area contributed by atoms with Crippen molar-refractivity contribution in [2.75, 3.05) is 38.6 Å². The van der Waals surface area contributed by atoms with E-state index in [1.54, 1.807) is 35.2 Å². The SMILES string of the molecule is CO.O=C1Nc2ccc(-c3ccc(Cl)cc3F)cc2C(=O)N2CCN(C(=O)C3CCCN3)CC12. The van der Waals surface area contributed by atoms with Gasteiger partial charge in [0.05, 0.1) is 23.8 Å². The van der Waals surface area contributed by atoms with Crippen molar-refractivity contribution >= 4 is 35.0 Å². The summed E-state index contributed by atoms with van der Waals surface area (Å²) < 4.78 is 14.4. The van der Waals surface area contributed by atoms with Gasteiger partial charge in [-0.3, -0.25) is 14.4 Å². The van der Waals surface area contributed by atoms with Crippen molar-refractivity contribution in [3.63, 3.8) is 0 Å². The largest absolute Gasteiger partial charge is 0.400 e. The van der Waals surface area contributed by atoms with Gasteiger partial charge in [0.25, 0.3) is 5.91 Å². The summed E-state index contributed by atoms with van der Waals surface area (Å²) in [7, 11) is 1.00. The summed E-state index contributed by atoms with van der Waals surface area (Å²) in [5.41, 5.74) is 1.50. The minimum absolute atomic E-state index is 0.0235. The highest BCUT2D eigenvalue weighted by Gasteiger charge is 2.41. The molecule has 2 atom stereocenters. The molecular weight excluding hydrogens is 463 g/mol. The molecule has 8 nitrogen and oxygen atoms in total. The molecular formula is C24H26ClFN4O4. The Hall–Kier alpha value is -3.01. The fraction of sp³-hybridized carbons (Fsp3) is 0.375. The molecule has 10 heteroatoms. The summed E-state index contributed by atoms with van der Waals surface area (Å²) in [5, 5.41) is 13.3. The van der Waals surface area contributed by atoms with Gasteiger partial charge in [-0.15, -0.1) is 0 Å². The Bertz CT molecular complexity index is 1120. The molecule has 3 aliphatic rings. The van der Waals surface area contributed by atoms with Gasteiger partial charge in [-0.25, -0.2) is 4.39 Å². The van der Waals surface area contributed by atoms with Gasteiger partial charge in [0.2, 0.25) is 11.8 Å². The molecule has 0 radical (unpaired) electrons. The zero-order chi connectivity index (χ0) is 24.4. The van der Waals surface area contributed by atoms with E-state index in [4.69, 9.17) is 16.7 Å². The number of rotatable bonds is 2. The van der Waals surface area contributed by atoms with E-state index in [0.717, 1.165) is 26.5 Å². The fourth-order valence-electron chi connectivity index (χ4n) is 4.66. The van der Waals surface area contributed by atoms with E-state index in [2.05, 4.69) is 10.6 Å². The molecule has 3 heterocycles. The first-order valence-corrected chi connectivity index (χ1v) is 11.5. The highest BCUT2D eigenvalue weighted by molar-refractivity contribution is 6.30. The smallest absolute Gasteiger partial charge is 0.256 e. The molecule has 0 aromatic heterocycles. The number of halogens is 2. The van der Waals surface area contributed by atoms with E-state index in [1.165, 1.54) is 11.0 Å². The van der Waals surface area contributed by atoms with Crippen molar-refractivity contribution in [1.29, 1.82) is 0 Å². The Labute approximate surface area is 201 Å². The number of hydrogen-bond donors (Lipinski definition) is 3. The molecule has 180 valence electrons. The van der Waals surface area contributed by atoms with Crippen molar-refractivity contribution in [3.8, 4) is 11.1 Å². The predicted molar refractivity (Wildman–Crippen MR) is 126 cm³/mol. The van der Waals surface area contributed by atoms with E-state index in [1.807, 2.05) is 0 Å². The van der Waals surface area contributed by atoms with Crippen molar-refractivity contribution in [1.82, 2.24) is 15.1 Å². The average molecular weight is 489 g/mol. The maximum Gasteiger partial charge on any atom is 0.256 e. The zero-order valence-corrected chi connectivity index (χ0v) is 19.4. The Morgan fingerprint density at radius 2 is 1.91 bits per heavy atom. The number of aliphatic hydroxyl groups is 1. The van der Waals surface area contributed by atoms with Gasteiger partial charge in [-0.05, 0) is 55.3 Å². The summed E-state index contributed by atoms with van der Waals surface area (Å²) in [6.07, 6.45) is 1.73. The van der Waals surface area contributed by atoms with Crippen LogP contribution in [0.2, 0.25) is 5.02 Å². The quantitative estimate of drug-likeness (QED) is 0.601. The van der Waals surface area contributed by atoms with Crippen LogP contribution in [0.4, 0.5) is 10.1 Å². The molecule has 2 aromatic rings. The summed E-state index contributed by atoms with van der Waals surface area (Å²) in [5.74, 6) is -1.16. The summed E-state index contributed by atoms with van der Waals surface area (Å²) in [4.78, 5) is 42.3. The van der Waals surface area contributed by atoms with Gasteiger partial charge < -0.3 is 25.5 Å². The van der Waals surface area contributed by atoms with E-state index >= 15 is 0 Å². The van der Waals surface area contributed by atoms with Crippen LogP contribution in [0.5, 0.6) is 0 Å². The fourth-order valence-corrected chi connectivity index (χ4v) is 4.82. The van der Waals surface area contributed by atoms with Gasteiger partial charge in [-0.2, -0.15) is 0 Å². The van der Waals surface area contributed by atoms with Crippen LogP contribution in [-0.2, 0) is 9.59 Å². The Morgan fingerprint density at radius 1 is 1.12 bits per heavy atom. The minimum Gasteiger partial charge on any atom is -0.400 e. The summed E-state index contributed by atoms with van der Waals surface area (Å²) in [6, 6.07) is 8.22. The third-order valence-corrected chi connectivity index (χ3v) is 6.60. The lowest BCUT2D eigenvalue weighted by molar-refractivity contribution is -0.137. The molecule has 2 saturated heterocycles. The lowest BCUT2D eigenvalue weighted by Crippen LogP contribution is -2.61. The van der Waals surface area contributed by atoms with Gasteiger partial charge in [-0.1, -0.05) is 17.7 Å². The number of benzene rings is 2.